The summed E-state index contributed by atoms with van der Waals surface area (Å²) in [6, 6.07) is 9.35. The van der Waals surface area contributed by atoms with Crippen LogP contribution in [0, 0.1) is 5.92 Å². The average Bonchev–Trinajstić information content (AvgIpc) is 3.07. The minimum atomic E-state index is -0.213. The van der Waals surface area contributed by atoms with Gasteiger partial charge in [0.25, 0.3) is 0 Å². The highest BCUT2D eigenvalue weighted by atomic mass is 16.2. The Labute approximate surface area is 129 Å². The molecule has 1 aliphatic carbocycles. The SMILES string of the molecule is O=C(CNC(=O)C1CCCC1)Nc1ccc2ncccc2c1. The largest absolute Gasteiger partial charge is 0.347 e. The molecule has 3 rings (SSSR count). The summed E-state index contributed by atoms with van der Waals surface area (Å²) in [6.07, 6.45) is 5.82. The van der Waals surface area contributed by atoms with E-state index in [1.54, 1.807) is 6.20 Å². The first kappa shape index (κ1) is 14.5. The number of amides is 2. The predicted molar refractivity (Wildman–Crippen MR) is 85.3 cm³/mol. The molecule has 2 amide bonds. The summed E-state index contributed by atoms with van der Waals surface area (Å²) in [4.78, 5) is 28.0. The van der Waals surface area contributed by atoms with Crippen LogP contribution in [0.5, 0.6) is 0 Å². The second-order valence-corrected chi connectivity index (χ2v) is 5.66. The maximum Gasteiger partial charge on any atom is 0.243 e. The number of pyridine rings is 1. The lowest BCUT2D eigenvalue weighted by molar-refractivity contribution is -0.127. The molecule has 0 atom stereocenters. The Morgan fingerprint density at radius 3 is 2.82 bits per heavy atom. The van der Waals surface area contributed by atoms with Gasteiger partial charge in [0.2, 0.25) is 11.8 Å². The molecule has 1 aliphatic rings. The van der Waals surface area contributed by atoms with Crippen LogP contribution in [0.2, 0.25) is 0 Å². The number of nitrogens with one attached hydrogen (secondary N) is 2. The van der Waals surface area contributed by atoms with Crippen LogP contribution in [-0.4, -0.2) is 23.3 Å². The van der Waals surface area contributed by atoms with E-state index in [0.717, 1.165) is 36.6 Å². The second kappa shape index (κ2) is 6.56. The lowest BCUT2D eigenvalue weighted by Gasteiger charge is -2.11. The minimum Gasteiger partial charge on any atom is -0.347 e. The standard InChI is InChI=1S/C17H19N3O2/c21-16(11-19-17(22)12-4-1-2-5-12)20-14-7-8-15-13(10-14)6-3-9-18-15/h3,6-10,12H,1-2,4-5,11H2,(H,19,22)(H,20,21). The quantitative estimate of drug-likeness (QED) is 0.910. The fourth-order valence-electron chi connectivity index (χ4n) is 2.86. The van der Waals surface area contributed by atoms with E-state index in [0.29, 0.717) is 5.69 Å². The van der Waals surface area contributed by atoms with Crippen molar-refractivity contribution in [1.82, 2.24) is 10.3 Å². The van der Waals surface area contributed by atoms with Gasteiger partial charge in [-0.15, -0.1) is 0 Å². The molecule has 1 saturated carbocycles. The number of hydrogen-bond donors (Lipinski definition) is 2. The molecule has 0 spiro atoms. The Hall–Kier alpha value is -2.43. The molecule has 5 nitrogen and oxygen atoms in total. The fourth-order valence-corrected chi connectivity index (χ4v) is 2.86. The van der Waals surface area contributed by atoms with Crippen molar-refractivity contribution in [3.05, 3.63) is 36.5 Å². The highest BCUT2D eigenvalue weighted by molar-refractivity contribution is 5.96. The van der Waals surface area contributed by atoms with Crippen molar-refractivity contribution in [3.63, 3.8) is 0 Å². The van der Waals surface area contributed by atoms with Crippen LogP contribution in [0.1, 0.15) is 25.7 Å². The number of fused-ring (bicyclic) bond motifs is 1. The number of rotatable bonds is 4. The third-order valence-electron chi connectivity index (χ3n) is 4.04. The van der Waals surface area contributed by atoms with Crippen molar-refractivity contribution in [1.29, 1.82) is 0 Å². The van der Waals surface area contributed by atoms with Gasteiger partial charge in [-0.25, -0.2) is 0 Å². The van der Waals surface area contributed by atoms with Gasteiger partial charge in [0, 0.05) is 23.2 Å². The average molecular weight is 297 g/mol. The van der Waals surface area contributed by atoms with Gasteiger partial charge in [-0.3, -0.25) is 14.6 Å². The van der Waals surface area contributed by atoms with E-state index in [4.69, 9.17) is 0 Å². The number of anilines is 1. The van der Waals surface area contributed by atoms with Gasteiger partial charge in [-0.2, -0.15) is 0 Å². The molecule has 1 heterocycles. The molecular formula is C17H19N3O2. The van der Waals surface area contributed by atoms with Crippen LogP contribution >= 0.6 is 0 Å². The fraction of sp³-hybridized carbons (Fsp3) is 0.353. The van der Waals surface area contributed by atoms with Gasteiger partial charge in [0.15, 0.2) is 0 Å². The molecule has 5 heteroatoms. The predicted octanol–water partition coefficient (Wildman–Crippen LogP) is 2.48. The van der Waals surface area contributed by atoms with Crippen molar-refractivity contribution in [3.8, 4) is 0 Å². The molecule has 0 aliphatic heterocycles. The third-order valence-corrected chi connectivity index (χ3v) is 4.04. The van der Waals surface area contributed by atoms with Crippen LogP contribution < -0.4 is 10.6 Å². The molecule has 22 heavy (non-hydrogen) atoms. The van der Waals surface area contributed by atoms with Crippen molar-refractivity contribution in [2.45, 2.75) is 25.7 Å². The molecule has 0 bridgehead atoms. The molecule has 1 fully saturated rings. The summed E-state index contributed by atoms with van der Waals surface area (Å²) >= 11 is 0. The van der Waals surface area contributed by atoms with Crippen molar-refractivity contribution in [2.75, 3.05) is 11.9 Å². The van der Waals surface area contributed by atoms with E-state index in [2.05, 4.69) is 15.6 Å². The Kier molecular flexibility index (Phi) is 4.32. The normalized spacial score (nSPS) is 14.9. The molecule has 0 unspecified atom stereocenters. The monoisotopic (exact) mass is 297 g/mol. The first-order valence-corrected chi connectivity index (χ1v) is 7.65. The summed E-state index contributed by atoms with van der Waals surface area (Å²) in [5.74, 6) is -0.135. The van der Waals surface area contributed by atoms with Gasteiger partial charge in [0.05, 0.1) is 12.1 Å². The van der Waals surface area contributed by atoms with Crippen LogP contribution in [0.4, 0.5) is 5.69 Å². The zero-order valence-electron chi connectivity index (χ0n) is 12.3. The maximum atomic E-state index is 11.9. The summed E-state index contributed by atoms with van der Waals surface area (Å²) < 4.78 is 0. The maximum absolute atomic E-state index is 11.9. The third kappa shape index (κ3) is 3.42. The van der Waals surface area contributed by atoms with Gasteiger partial charge in [-0.05, 0) is 37.1 Å². The summed E-state index contributed by atoms with van der Waals surface area (Å²) in [5, 5.41) is 6.48. The van der Waals surface area contributed by atoms with E-state index in [9.17, 15) is 9.59 Å². The minimum absolute atomic E-state index is 0.00429. The van der Waals surface area contributed by atoms with Crippen molar-refractivity contribution in [2.24, 2.45) is 5.92 Å². The lowest BCUT2D eigenvalue weighted by atomic mass is 10.1. The molecule has 2 N–H and O–H groups in total. The van der Waals surface area contributed by atoms with Gasteiger partial charge in [0.1, 0.15) is 0 Å². The lowest BCUT2D eigenvalue weighted by Crippen LogP contribution is -2.36. The zero-order chi connectivity index (χ0) is 15.4. The first-order valence-electron chi connectivity index (χ1n) is 7.65. The molecule has 1 aromatic heterocycles. The number of carbonyl (C=O) groups excluding carboxylic acids is 2. The summed E-state index contributed by atoms with van der Waals surface area (Å²) in [6.45, 7) is 0.0143. The van der Waals surface area contributed by atoms with Gasteiger partial charge >= 0.3 is 0 Å². The molecule has 2 aromatic rings. The van der Waals surface area contributed by atoms with E-state index < -0.39 is 0 Å². The number of aromatic nitrogens is 1. The first-order chi connectivity index (χ1) is 10.7. The molecule has 1 aromatic carbocycles. The van der Waals surface area contributed by atoms with E-state index in [1.807, 2.05) is 30.3 Å². The molecule has 0 radical (unpaired) electrons. The topological polar surface area (TPSA) is 71.1 Å². The van der Waals surface area contributed by atoms with Crippen LogP contribution in [-0.2, 0) is 9.59 Å². The Balaban J connectivity index is 1.55. The number of benzene rings is 1. The van der Waals surface area contributed by atoms with Gasteiger partial charge < -0.3 is 10.6 Å². The Morgan fingerprint density at radius 1 is 1.18 bits per heavy atom. The second-order valence-electron chi connectivity index (χ2n) is 5.66. The zero-order valence-corrected chi connectivity index (χ0v) is 12.3. The van der Waals surface area contributed by atoms with Crippen LogP contribution in [0.25, 0.3) is 10.9 Å². The van der Waals surface area contributed by atoms with Crippen LogP contribution in [0.3, 0.4) is 0 Å². The molecule has 0 saturated heterocycles. The Morgan fingerprint density at radius 2 is 2.00 bits per heavy atom. The highest BCUT2D eigenvalue weighted by Crippen LogP contribution is 2.24. The Bertz CT molecular complexity index is 693. The number of carbonyl (C=O) groups is 2. The van der Waals surface area contributed by atoms with Crippen molar-refractivity contribution < 1.29 is 9.59 Å². The van der Waals surface area contributed by atoms with E-state index in [-0.39, 0.29) is 24.3 Å². The molecule has 114 valence electrons. The van der Waals surface area contributed by atoms with Crippen LogP contribution in [0.15, 0.2) is 36.5 Å². The van der Waals surface area contributed by atoms with E-state index >= 15 is 0 Å². The van der Waals surface area contributed by atoms with Gasteiger partial charge in [-0.1, -0.05) is 18.9 Å². The number of nitrogens with zero attached hydrogens (tertiary/aromatic N) is 1. The number of hydrogen-bond acceptors (Lipinski definition) is 3. The van der Waals surface area contributed by atoms with E-state index in [1.165, 1.54) is 0 Å². The summed E-state index contributed by atoms with van der Waals surface area (Å²) in [5.41, 5.74) is 1.59. The summed E-state index contributed by atoms with van der Waals surface area (Å²) in [7, 11) is 0. The van der Waals surface area contributed by atoms with Crippen molar-refractivity contribution >= 4 is 28.4 Å². The molecular weight excluding hydrogens is 278 g/mol. The smallest absolute Gasteiger partial charge is 0.243 e. The highest BCUT2D eigenvalue weighted by Gasteiger charge is 2.22.